The van der Waals surface area contributed by atoms with Crippen LogP contribution in [0.15, 0.2) is 4.42 Å². The first kappa shape index (κ1) is 14.3. The molecular weight excluding hydrogens is 212 g/mol. The molecule has 0 saturated heterocycles. The third-order valence-corrected chi connectivity index (χ3v) is 3.59. The van der Waals surface area contributed by atoms with Crippen LogP contribution in [0.4, 0.5) is 0 Å². The molecule has 1 aromatic rings. The number of hydrogen-bond donors (Lipinski definition) is 2. The molecule has 0 saturated carbocycles. The number of hydrogen-bond acceptors (Lipinski definition) is 3. The molecule has 0 bridgehead atoms. The van der Waals surface area contributed by atoms with Gasteiger partial charge in [0.15, 0.2) is 0 Å². The van der Waals surface area contributed by atoms with Gasteiger partial charge in [0.25, 0.3) is 0 Å². The summed E-state index contributed by atoms with van der Waals surface area (Å²) in [4.78, 5) is 0. The molecule has 1 rings (SSSR count). The molecule has 3 N–H and O–H groups in total. The summed E-state index contributed by atoms with van der Waals surface area (Å²) in [6, 6.07) is 0.203. The Labute approximate surface area is 105 Å². The Morgan fingerprint density at radius 1 is 1.24 bits per heavy atom. The number of aryl methyl sites for hydroxylation is 2. The minimum Gasteiger partial charge on any atom is -0.466 e. The molecule has 1 heterocycles. The Kier molecular flexibility index (Phi) is 5.22. The molecule has 3 nitrogen and oxygen atoms in total. The number of hydrazine groups is 1. The van der Waals surface area contributed by atoms with Crippen LogP contribution >= 0.6 is 0 Å². The smallest absolute Gasteiger partial charge is 0.106 e. The summed E-state index contributed by atoms with van der Waals surface area (Å²) in [5.74, 6) is 8.37. The molecule has 1 aromatic heterocycles. The molecule has 2 atom stereocenters. The number of nitrogens with one attached hydrogen (secondary N) is 1. The quantitative estimate of drug-likeness (QED) is 0.589. The third kappa shape index (κ3) is 3.33. The van der Waals surface area contributed by atoms with E-state index in [9.17, 15) is 0 Å². The highest BCUT2D eigenvalue weighted by atomic mass is 16.3. The van der Waals surface area contributed by atoms with Crippen molar-refractivity contribution in [3.8, 4) is 0 Å². The van der Waals surface area contributed by atoms with Gasteiger partial charge in [0.05, 0.1) is 0 Å². The van der Waals surface area contributed by atoms with Crippen LogP contribution in [-0.2, 0) is 0 Å². The fraction of sp³-hybridized carbons (Fsp3) is 0.714. The maximum atomic E-state index is 5.70. The van der Waals surface area contributed by atoms with E-state index in [-0.39, 0.29) is 6.04 Å². The van der Waals surface area contributed by atoms with E-state index in [1.807, 2.05) is 13.8 Å². The van der Waals surface area contributed by atoms with Gasteiger partial charge >= 0.3 is 0 Å². The molecule has 0 amide bonds. The summed E-state index contributed by atoms with van der Waals surface area (Å²) < 4.78 is 5.67. The van der Waals surface area contributed by atoms with E-state index in [0.717, 1.165) is 17.9 Å². The van der Waals surface area contributed by atoms with Gasteiger partial charge in [-0.05, 0) is 38.7 Å². The topological polar surface area (TPSA) is 51.2 Å². The lowest BCUT2D eigenvalue weighted by atomic mass is 9.91. The van der Waals surface area contributed by atoms with Crippen LogP contribution < -0.4 is 11.3 Å². The van der Waals surface area contributed by atoms with Gasteiger partial charge in [0.1, 0.15) is 11.5 Å². The molecule has 98 valence electrons. The molecule has 0 aliphatic rings. The minimum absolute atomic E-state index is 0.203. The van der Waals surface area contributed by atoms with E-state index in [0.29, 0.717) is 5.92 Å². The number of furan rings is 1. The van der Waals surface area contributed by atoms with E-state index >= 15 is 0 Å². The zero-order valence-electron chi connectivity index (χ0n) is 11.8. The lowest BCUT2D eigenvalue weighted by Gasteiger charge is -2.20. The van der Waals surface area contributed by atoms with E-state index in [2.05, 4.69) is 26.2 Å². The minimum atomic E-state index is 0.203. The van der Waals surface area contributed by atoms with Gasteiger partial charge in [0, 0.05) is 11.6 Å². The number of rotatable bonds is 6. The maximum absolute atomic E-state index is 5.70. The van der Waals surface area contributed by atoms with Crippen molar-refractivity contribution in [2.24, 2.45) is 11.8 Å². The average Bonchev–Trinajstić information content (AvgIpc) is 2.51. The van der Waals surface area contributed by atoms with Gasteiger partial charge in [-0.25, -0.2) is 0 Å². The van der Waals surface area contributed by atoms with Gasteiger partial charge in [-0.2, -0.15) is 0 Å². The first-order chi connectivity index (χ1) is 8.01. The predicted molar refractivity (Wildman–Crippen MR) is 71.7 cm³/mol. The highest BCUT2D eigenvalue weighted by molar-refractivity contribution is 5.34. The van der Waals surface area contributed by atoms with E-state index in [1.54, 1.807) is 0 Å². The average molecular weight is 238 g/mol. The van der Waals surface area contributed by atoms with Crippen molar-refractivity contribution >= 4 is 0 Å². The van der Waals surface area contributed by atoms with E-state index < -0.39 is 0 Å². The molecule has 0 radical (unpaired) electrons. The normalized spacial score (nSPS) is 14.9. The highest BCUT2D eigenvalue weighted by Gasteiger charge is 2.21. The zero-order chi connectivity index (χ0) is 13.0. The monoisotopic (exact) mass is 238 g/mol. The summed E-state index contributed by atoms with van der Waals surface area (Å²) in [6.07, 6.45) is 3.53. The van der Waals surface area contributed by atoms with Gasteiger partial charge in [-0.15, -0.1) is 0 Å². The maximum Gasteiger partial charge on any atom is 0.106 e. The molecule has 3 heteroatoms. The van der Waals surface area contributed by atoms with Crippen molar-refractivity contribution in [1.29, 1.82) is 0 Å². The van der Waals surface area contributed by atoms with Crippen LogP contribution in [0.3, 0.4) is 0 Å². The zero-order valence-corrected chi connectivity index (χ0v) is 11.8. The molecular formula is C14H26N2O. The molecule has 17 heavy (non-hydrogen) atoms. The van der Waals surface area contributed by atoms with Crippen LogP contribution in [-0.4, -0.2) is 0 Å². The predicted octanol–water partition coefficient (Wildman–Crippen LogP) is 3.54. The van der Waals surface area contributed by atoms with Crippen molar-refractivity contribution < 1.29 is 4.42 Å². The second kappa shape index (κ2) is 6.22. The van der Waals surface area contributed by atoms with Gasteiger partial charge < -0.3 is 4.42 Å². The van der Waals surface area contributed by atoms with E-state index in [4.69, 9.17) is 10.3 Å². The largest absolute Gasteiger partial charge is 0.466 e. The SMILES string of the molecule is CCCC(C)CC(NN)c1c(C)oc(C)c1C. The Hall–Kier alpha value is -0.800. The third-order valence-electron chi connectivity index (χ3n) is 3.59. The first-order valence-corrected chi connectivity index (χ1v) is 6.53. The van der Waals surface area contributed by atoms with Gasteiger partial charge in [-0.3, -0.25) is 11.3 Å². The molecule has 0 aliphatic heterocycles. The lowest BCUT2D eigenvalue weighted by molar-refractivity contribution is 0.388. The second-order valence-corrected chi connectivity index (χ2v) is 5.10. The van der Waals surface area contributed by atoms with Crippen molar-refractivity contribution in [2.45, 2.75) is 59.9 Å². The van der Waals surface area contributed by atoms with Crippen molar-refractivity contribution in [3.63, 3.8) is 0 Å². The highest BCUT2D eigenvalue weighted by Crippen LogP contribution is 2.31. The molecule has 0 aliphatic carbocycles. The second-order valence-electron chi connectivity index (χ2n) is 5.10. The fourth-order valence-electron chi connectivity index (χ4n) is 2.60. The van der Waals surface area contributed by atoms with Crippen LogP contribution in [0.1, 0.15) is 61.8 Å². The van der Waals surface area contributed by atoms with Crippen molar-refractivity contribution in [1.82, 2.24) is 5.43 Å². The van der Waals surface area contributed by atoms with Crippen LogP contribution in [0.2, 0.25) is 0 Å². The molecule has 2 unspecified atom stereocenters. The van der Waals surface area contributed by atoms with Crippen LogP contribution in [0.25, 0.3) is 0 Å². The van der Waals surface area contributed by atoms with E-state index in [1.165, 1.54) is 24.0 Å². The summed E-state index contributed by atoms with van der Waals surface area (Å²) in [7, 11) is 0. The van der Waals surface area contributed by atoms with Crippen molar-refractivity contribution in [2.75, 3.05) is 0 Å². The first-order valence-electron chi connectivity index (χ1n) is 6.53. The van der Waals surface area contributed by atoms with Crippen LogP contribution in [0, 0.1) is 26.7 Å². The fourth-order valence-corrected chi connectivity index (χ4v) is 2.60. The standard InChI is InChI=1S/C14H26N2O/c1-6-7-9(2)8-13(16-15)14-10(3)11(4)17-12(14)5/h9,13,16H,6-8,15H2,1-5H3. The summed E-state index contributed by atoms with van der Waals surface area (Å²) >= 11 is 0. The summed E-state index contributed by atoms with van der Waals surface area (Å²) in [6.45, 7) is 10.6. The Bertz CT molecular complexity index is 357. The lowest BCUT2D eigenvalue weighted by Crippen LogP contribution is -2.30. The van der Waals surface area contributed by atoms with Crippen LogP contribution in [0.5, 0.6) is 0 Å². The molecule has 0 aromatic carbocycles. The molecule has 0 spiro atoms. The Morgan fingerprint density at radius 3 is 2.29 bits per heavy atom. The van der Waals surface area contributed by atoms with Gasteiger partial charge in [-0.1, -0.05) is 26.7 Å². The Balaban J connectivity index is 2.86. The van der Waals surface area contributed by atoms with Crippen molar-refractivity contribution in [3.05, 3.63) is 22.6 Å². The molecule has 0 fully saturated rings. The summed E-state index contributed by atoms with van der Waals surface area (Å²) in [5.41, 5.74) is 5.42. The summed E-state index contributed by atoms with van der Waals surface area (Å²) in [5, 5.41) is 0. The Morgan fingerprint density at radius 2 is 1.88 bits per heavy atom. The number of nitrogens with two attached hydrogens (primary N) is 1. The van der Waals surface area contributed by atoms with Gasteiger partial charge in [0.2, 0.25) is 0 Å².